The molecule has 122 valence electrons. The number of amides is 2. The zero-order valence-corrected chi connectivity index (χ0v) is 13.9. The van der Waals surface area contributed by atoms with Gasteiger partial charge < -0.3 is 11.1 Å². The molecule has 0 fully saturated rings. The highest BCUT2D eigenvalue weighted by Crippen LogP contribution is 2.09. The van der Waals surface area contributed by atoms with Gasteiger partial charge in [-0.3, -0.25) is 9.59 Å². The SMILES string of the molecule is CC(C)(NC(=O)c1ncc(C#Cc2cccc(Cl)c2)cn1)C(N)=O. The molecule has 7 heteroatoms. The predicted molar refractivity (Wildman–Crippen MR) is 90.2 cm³/mol. The van der Waals surface area contributed by atoms with E-state index in [1.54, 1.807) is 18.2 Å². The number of primary amides is 1. The molecule has 0 saturated carbocycles. The Labute approximate surface area is 144 Å². The first-order valence-electron chi connectivity index (χ1n) is 7.00. The second kappa shape index (κ2) is 7.11. The van der Waals surface area contributed by atoms with Crippen LogP contribution in [0.2, 0.25) is 5.02 Å². The van der Waals surface area contributed by atoms with Gasteiger partial charge in [-0.15, -0.1) is 0 Å². The fourth-order valence-corrected chi connectivity index (χ4v) is 1.81. The smallest absolute Gasteiger partial charge is 0.289 e. The molecule has 0 radical (unpaired) electrons. The summed E-state index contributed by atoms with van der Waals surface area (Å²) in [6.07, 6.45) is 2.85. The van der Waals surface area contributed by atoms with Crippen molar-refractivity contribution >= 4 is 23.4 Å². The van der Waals surface area contributed by atoms with Gasteiger partial charge in [-0.1, -0.05) is 29.5 Å². The summed E-state index contributed by atoms with van der Waals surface area (Å²) in [6.45, 7) is 3.00. The van der Waals surface area contributed by atoms with Gasteiger partial charge in [-0.05, 0) is 32.0 Å². The standard InChI is InChI=1S/C17H15ClN4O2/c1-17(2,16(19)24)22-15(23)14-20-9-12(10-21-14)7-6-11-4-3-5-13(18)8-11/h3-5,8-10H,1-2H3,(H2,19,24)(H,22,23). The van der Waals surface area contributed by atoms with Gasteiger partial charge >= 0.3 is 0 Å². The van der Waals surface area contributed by atoms with E-state index in [0.29, 0.717) is 10.6 Å². The van der Waals surface area contributed by atoms with Gasteiger partial charge in [-0.25, -0.2) is 9.97 Å². The van der Waals surface area contributed by atoms with E-state index in [4.69, 9.17) is 17.3 Å². The number of rotatable bonds is 3. The van der Waals surface area contributed by atoms with Crippen molar-refractivity contribution in [3.63, 3.8) is 0 Å². The summed E-state index contributed by atoms with van der Waals surface area (Å²) >= 11 is 5.89. The van der Waals surface area contributed by atoms with E-state index >= 15 is 0 Å². The van der Waals surface area contributed by atoms with Crippen molar-refractivity contribution in [2.24, 2.45) is 5.73 Å². The van der Waals surface area contributed by atoms with E-state index < -0.39 is 17.4 Å². The Kier molecular flexibility index (Phi) is 5.17. The lowest BCUT2D eigenvalue weighted by Gasteiger charge is -2.21. The Hall–Kier alpha value is -2.91. The molecule has 0 saturated heterocycles. The van der Waals surface area contributed by atoms with Gasteiger partial charge in [0.2, 0.25) is 11.7 Å². The molecule has 0 aliphatic carbocycles. The minimum Gasteiger partial charge on any atom is -0.368 e. The van der Waals surface area contributed by atoms with Gasteiger partial charge in [-0.2, -0.15) is 0 Å². The number of carbonyl (C=O) groups is 2. The normalized spacial score (nSPS) is 10.5. The van der Waals surface area contributed by atoms with Crippen LogP contribution in [0.4, 0.5) is 0 Å². The van der Waals surface area contributed by atoms with Crippen LogP contribution in [-0.4, -0.2) is 27.3 Å². The van der Waals surface area contributed by atoms with Crippen LogP contribution in [0, 0.1) is 11.8 Å². The number of benzene rings is 1. The fraction of sp³-hybridized carbons (Fsp3) is 0.176. The zero-order chi connectivity index (χ0) is 17.7. The molecule has 0 aliphatic rings. The second-order valence-corrected chi connectivity index (χ2v) is 5.94. The van der Waals surface area contributed by atoms with Gasteiger partial charge in [0, 0.05) is 23.0 Å². The molecule has 0 atom stereocenters. The van der Waals surface area contributed by atoms with Crippen molar-refractivity contribution < 1.29 is 9.59 Å². The number of carbonyl (C=O) groups excluding carboxylic acids is 2. The highest BCUT2D eigenvalue weighted by atomic mass is 35.5. The van der Waals surface area contributed by atoms with Crippen LogP contribution in [0.5, 0.6) is 0 Å². The van der Waals surface area contributed by atoms with Crippen LogP contribution >= 0.6 is 11.6 Å². The molecule has 2 amide bonds. The molecule has 1 heterocycles. The summed E-state index contributed by atoms with van der Waals surface area (Å²) in [7, 11) is 0. The maximum absolute atomic E-state index is 12.0. The van der Waals surface area contributed by atoms with E-state index in [9.17, 15) is 9.59 Å². The van der Waals surface area contributed by atoms with Crippen LogP contribution < -0.4 is 11.1 Å². The minimum atomic E-state index is -1.19. The van der Waals surface area contributed by atoms with Crippen molar-refractivity contribution in [2.45, 2.75) is 19.4 Å². The number of nitrogens with one attached hydrogen (secondary N) is 1. The summed E-state index contributed by atoms with van der Waals surface area (Å²) in [4.78, 5) is 31.1. The molecular formula is C17H15ClN4O2. The van der Waals surface area contributed by atoms with Crippen molar-refractivity contribution in [3.8, 4) is 11.8 Å². The minimum absolute atomic E-state index is 0.0716. The number of hydrogen-bond acceptors (Lipinski definition) is 4. The average Bonchev–Trinajstić information content (AvgIpc) is 2.53. The Morgan fingerprint density at radius 2 is 1.79 bits per heavy atom. The fourth-order valence-electron chi connectivity index (χ4n) is 1.62. The van der Waals surface area contributed by atoms with E-state index in [1.165, 1.54) is 26.2 Å². The van der Waals surface area contributed by atoms with Crippen molar-refractivity contribution in [2.75, 3.05) is 0 Å². The molecule has 1 aromatic heterocycles. The molecule has 2 aromatic rings. The molecule has 6 nitrogen and oxygen atoms in total. The first kappa shape index (κ1) is 17.4. The molecule has 0 aliphatic heterocycles. The summed E-state index contributed by atoms with van der Waals surface area (Å²) < 4.78 is 0. The Balaban J connectivity index is 2.11. The number of halogens is 1. The lowest BCUT2D eigenvalue weighted by atomic mass is 10.1. The van der Waals surface area contributed by atoms with Crippen LogP contribution in [-0.2, 0) is 4.79 Å². The Morgan fingerprint density at radius 1 is 1.17 bits per heavy atom. The molecule has 2 rings (SSSR count). The number of nitrogens with zero attached hydrogens (tertiary/aromatic N) is 2. The van der Waals surface area contributed by atoms with E-state index in [1.807, 2.05) is 6.07 Å². The molecule has 24 heavy (non-hydrogen) atoms. The van der Waals surface area contributed by atoms with E-state index in [-0.39, 0.29) is 5.82 Å². The largest absolute Gasteiger partial charge is 0.368 e. The van der Waals surface area contributed by atoms with Gasteiger partial charge in [0.1, 0.15) is 5.54 Å². The van der Waals surface area contributed by atoms with Crippen molar-refractivity contribution in [1.82, 2.24) is 15.3 Å². The van der Waals surface area contributed by atoms with Crippen LogP contribution in [0.25, 0.3) is 0 Å². The topological polar surface area (TPSA) is 98.0 Å². The van der Waals surface area contributed by atoms with Crippen molar-refractivity contribution in [3.05, 3.63) is 58.6 Å². The lowest BCUT2D eigenvalue weighted by Crippen LogP contribution is -2.53. The highest BCUT2D eigenvalue weighted by molar-refractivity contribution is 6.30. The van der Waals surface area contributed by atoms with Crippen LogP contribution in [0.3, 0.4) is 0 Å². The summed E-state index contributed by atoms with van der Waals surface area (Å²) in [6, 6.07) is 7.13. The lowest BCUT2D eigenvalue weighted by molar-refractivity contribution is -0.122. The zero-order valence-electron chi connectivity index (χ0n) is 13.1. The Morgan fingerprint density at radius 3 is 2.38 bits per heavy atom. The summed E-state index contributed by atoms with van der Waals surface area (Å²) in [5, 5.41) is 3.07. The molecule has 0 spiro atoms. The maximum Gasteiger partial charge on any atom is 0.289 e. The summed E-state index contributed by atoms with van der Waals surface area (Å²) in [5.41, 5.74) is 5.31. The third-order valence-corrected chi connectivity index (χ3v) is 3.31. The monoisotopic (exact) mass is 342 g/mol. The second-order valence-electron chi connectivity index (χ2n) is 5.50. The first-order valence-corrected chi connectivity index (χ1v) is 7.38. The Bertz CT molecular complexity index is 836. The van der Waals surface area contributed by atoms with Crippen LogP contribution in [0.1, 0.15) is 35.6 Å². The van der Waals surface area contributed by atoms with Gasteiger partial charge in [0.05, 0.1) is 5.56 Å². The predicted octanol–water partition coefficient (Wildman–Crippen LogP) is 1.52. The molecule has 0 bridgehead atoms. The first-order chi connectivity index (χ1) is 11.3. The van der Waals surface area contributed by atoms with Crippen LogP contribution in [0.15, 0.2) is 36.7 Å². The third kappa shape index (κ3) is 4.54. The molecule has 3 N–H and O–H groups in total. The third-order valence-electron chi connectivity index (χ3n) is 3.07. The number of aromatic nitrogens is 2. The van der Waals surface area contributed by atoms with Gasteiger partial charge in [0.25, 0.3) is 5.91 Å². The number of nitrogens with two attached hydrogens (primary N) is 1. The van der Waals surface area contributed by atoms with Gasteiger partial charge in [0.15, 0.2) is 0 Å². The molecular weight excluding hydrogens is 328 g/mol. The summed E-state index contributed by atoms with van der Waals surface area (Å²) in [5.74, 6) is 4.49. The quantitative estimate of drug-likeness (QED) is 0.826. The maximum atomic E-state index is 12.0. The van der Waals surface area contributed by atoms with Crippen molar-refractivity contribution in [1.29, 1.82) is 0 Å². The average molecular weight is 343 g/mol. The highest BCUT2D eigenvalue weighted by Gasteiger charge is 2.28. The number of hydrogen-bond donors (Lipinski definition) is 2. The van der Waals surface area contributed by atoms with E-state index in [0.717, 1.165) is 5.56 Å². The molecule has 1 aromatic carbocycles. The molecule has 0 unspecified atom stereocenters. The van der Waals surface area contributed by atoms with E-state index in [2.05, 4.69) is 27.1 Å².